The van der Waals surface area contributed by atoms with Crippen molar-refractivity contribution >= 4 is 11.5 Å². The summed E-state index contributed by atoms with van der Waals surface area (Å²) in [6, 6.07) is 16.5. The first-order valence-corrected chi connectivity index (χ1v) is 10.1. The van der Waals surface area contributed by atoms with Crippen molar-refractivity contribution in [3.8, 4) is 5.75 Å². The zero-order valence-corrected chi connectivity index (χ0v) is 16.3. The second-order valence-corrected chi connectivity index (χ2v) is 7.57. The van der Waals surface area contributed by atoms with Crippen LogP contribution in [0.4, 0.5) is 5.69 Å². The standard InChI is InChI=1S/C23H29N2O2/c1-3-27-21-14-10-19(11-15-21)23(26)17-24(20-12-8-18(2)9-13-20)22-7-5-4-6-16-25(22)23/h8-15,26H,3-7,16-17H2,1-2H3/q+1/t23-/m0/s1. The molecule has 0 aliphatic carbocycles. The number of hydrogen-bond acceptors (Lipinski definition) is 3. The summed E-state index contributed by atoms with van der Waals surface area (Å²) < 4.78 is 7.81. The Hall–Kier alpha value is -2.33. The lowest BCUT2D eigenvalue weighted by molar-refractivity contribution is -0.658. The first kappa shape index (κ1) is 18.1. The highest BCUT2D eigenvalue weighted by molar-refractivity contribution is 5.95. The molecule has 0 unspecified atom stereocenters. The molecule has 0 amide bonds. The molecule has 2 aliphatic rings. The summed E-state index contributed by atoms with van der Waals surface area (Å²) in [7, 11) is 0. The number of benzene rings is 2. The summed E-state index contributed by atoms with van der Waals surface area (Å²) in [5.41, 5.74) is 2.33. The lowest BCUT2D eigenvalue weighted by atomic mass is 10.0. The van der Waals surface area contributed by atoms with Crippen LogP contribution < -0.4 is 9.64 Å². The Morgan fingerprint density at radius 1 is 1.04 bits per heavy atom. The van der Waals surface area contributed by atoms with Gasteiger partial charge in [-0.25, -0.2) is 9.48 Å². The second kappa shape index (κ2) is 7.35. The molecule has 0 fully saturated rings. The molecule has 0 aromatic heterocycles. The largest absolute Gasteiger partial charge is 0.494 e. The quantitative estimate of drug-likeness (QED) is 0.831. The van der Waals surface area contributed by atoms with Crippen LogP contribution in [0.3, 0.4) is 0 Å². The average molecular weight is 365 g/mol. The third kappa shape index (κ3) is 3.34. The van der Waals surface area contributed by atoms with Crippen molar-refractivity contribution in [2.75, 3.05) is 24.6 Å². The van der Waals surface area contributed by atoms with Crippen molar-refractivity contribution in [2.24, 2.45) is 0 Å². The van der Waals surface area contributed by atoms with Crippen LogP contribution >= 0.6 is 0 Å². The van der Waals surface area contributed by atoms with Crippen LogP contribution in [-0.2, 0) is 5.72 Å². The maximum atomic E-state index is 11.8. The molecule has 1 N–H and O–H groups in total. The Bertz CT molecular complexity index is 826. The van der Waals surface area contributed by atoms with Crippen LogP contribution in [0.25, 0.3) is 0 Å². The van der Waals surface area contributed by atoms with Gasteiger partial charge in [0.25, 0.3) is 11.6 Å². The number of amidine groups is 1. The number of nitrogens with zero attached hydrogens (tertiary/aromatic N) is 2. The molecule has 2 aliphatic heterocycles. The van der Waals surface area contributed by atoms with Gasteiger partial charge in [0.1, 0.15) is 11.4 Å². The van der Waals surface area contributed by atoms with E-state index in [9.17, 15) is 5.11 Å². The molecule has 2 heterocycles. The fraction of sp³-hybridized carbons (Fsp3) is 0.435. The van der Waals surface area contributed by atoms with Crippen LogP contribution in [0.2, 0.25) is 0 Å². The van der Waals surface area contributed by atoms with Crippen LogP contribution in [0.1, 0.15) is 43.7 Å². The number of hydrogen-bond donors (Lipinski definition) is 1. The highest BCUT2D eigenvalue weighted by atomic mass is 16.5. The molecule has 2 aromatic carbocycles. The Morgan fingerprint density at radius 3 is 2.48 bits per heavy atom. The third-order valence-electron chi connectivity index (χ3n) is 5.70. The number of aryl methyl sites for hydroxylation is 1. The molecule has 0 saturated heterocycles. The van der Waals surface area contributed by atoms with Gasteiger partial charge in [0, 0.05) is 12.0 Å². The van der Waals surface area contributed by atoms with Crippen LogP contribution in [-0.4, -0.2) is 35.2 Å². The van der Waals surface area contributed by atoms with Crippen molar-refractivity contribution < 1.29 is 14.4 Å². The number of anilines is 1. The Morgan fingerprint density at radius 2 is 1.78 bits per heavy atom. The predicted molar refractivity (Wildman–Crippen MR) is 109 cm³/mol. The smallest absolute Gasteiger partial charge is 0.271 e. The Kier molecular flexibility index (Phi) is 4.92. The first-order chi connectivity index (χ1) is 13.1. The lowest BCUT2D eigenvalue weighted by Gasteiger charge is -2.23. The van der Waals surface area contributed by atoms with E-state index in [2.05, 4.69) is 40.7 Å². The summed E-state index contributed by atoms with van der Waals surface area (Å²) in [6.45, 7) is 6.18. The molecule has 0 saturated carbocycles. The SMILES string of the molecule is CCOc1ccc([C@@]2(O)CN(c3ccc(C)cc3)C3=[N+]2CCCCC3)cc1. The Balaban J connectivity index is 1.74. The number of β-amino-alcohol motifs (C(OH)–C–C–N with tert-alkyl or cyclic N) is 1. The van der Waals surface area contributed by atoms with Gasteiger partial charge in [0.15, 0.2) is 6.54 Å². The molecule has 4 nitrogen and oxygen atoms in total. The highest BCUT2D eigenvalue weighted by Gasteiger charge is 2.51. The van der Waals surface area contributed by atoms with Crippen LogP contribution in [0.5, 0.6) is 5.75 Å². The summed E-state index contributed by atoms with van der Waals surface area (Å²) in [5.74, 6) is 2.09. The van der Waals surface area contributed by atoms with Gasteiger partial charge in [-0.05, 0) is 69.5 Å². The summed E-state index contributed by atoms with van der Waals surface area (Å²) >= 11 is 0. The molecule has 2 aromatic rings. The van der Waals surface area contributed by atoms with E-state index in [0.29, 0.717) is 13.2 Å². The number of ether oxygens (including phenoxy) is 1. The van der Waals surface area contributed by atoms with Crippen molar-refractivity contribution in [1.82, 2.24) is 0 Å². The lowest BCUT2D eigenvalue weighted by Crippen LogP contribution is -2.41. The minimum Gasteiger partial charge on any atom is -0.494 e. The van der Waals surface area contributed by atoms with E-state index < -0.39 is 5.72 Å². The molecule has 0 radical (unpaired) electrons. The van der Waals surface area contributed by atoms with Crippen LogP contribution in [0.15, 0.2) is 48.5 Å². The average Bonchev–Trinajstić information content (AvgIpc) is 2.84. The molecule has 4 heteroatoms. The second-order valence-electron chi connectivity index (χ2n) is 7.57. The molecule has 27 heavy (non-hydrogen) atoms. The summed E-state index contributed by atoms with van der Waals surface area (Å²) in [6.07, 6.45) is 4.51. The topological polar surface area (TPSA) is 35.7 Å². The van der Waals surface area contributed by atoms with Gasteiger partial charge in [-0.15, -0.1) is 0 Å². The summed E-state index contributed by atoms with van der Waals surface area (Å²) in [5, 5.41) is 11.8. The zero-order valence-electron chi connectivity index (χ0n) is 16.3. The number of aliphatic hydroxyl groups is 1. The van der Waals surface area contributed by atoms with Crippen molar-refractivity contribution in [3.63, 3.8) is 0 Å². The van der Waals surface area contributed by atoms with E-state index in [1.54, 1.807) is 0 Å². The van der Waals surface area contributed by atoms with E-state index in [4.69, 9.17) is 4.74 Å². The molecule has 1 atom stereocenters. The number of rotatable bonds is 4. The van der Waals surface area contributed by atoms with Gasteiger partial charge in [0.05, 0.1) is 13.2 Å². The Labute approximate surface area is 161 Å². The molecular weight excluding hydrogens is 336 g/mol. The predicted octanol–water partition coefficient (Wildman–Crippen LogP) is 4.04. The van der Waals surface area contributed by atoms with E-state index in [1.165, 1.54) is 24.2 Å². The molecule has 142 valence electrons. The maximum absolute atomic E-state index is 11.8. The van der Waals surface area contributed by atoms with Crippen LogP contribution in [0, 0.1) is 6.92 Å². The van der Waals surface area contributed by atoms with Gasteiger partial charge in [-0.2, -0.15) is 0 Å². The van der Waals surface area contributed by atoms with E-state index in [1.807, 2.05) is 31.2 Å². The molecular formula is C23H29N2O2+. The monoisotopic (exact) mass is 365 g/mol. The minimum absolute atomic E-state index is 0.555. The van der Waals surface area contributed by atoms with Gasteiger partial charge in [-0.1, -0.05) is 17.7 Å². The van der Waals surface area contributed by atoms with Gasteiger partial charge in [-0.3, -0.25) is 0 Å². The van der Waals surface area contributed by atoms with E-state index >= 15 is 0 Å². The fourth-order valence-corrected chi connectivity index (χ4v) is 4.27. The first-order valence-electron chi connectivity index (χ1n) is 10.1. The van der Waals surface area contributed by atoms with Crippen molar-refractivity contribution in [2.45, 2.75) is 45.3 Å². The normalized spacial score (nSPS) is 22.6. The molecule has 4 rings (SSSR count). The van der Waals surface area contributed by atoms with Crippen molar-refractivity contribution in [3.05, 3.63) is 59.7 Å². The third-order valence-corrected chi connectivity index (χ3v) is 5.70. The fourth-order valence-electron chi connectivity index (χ4n) is 4.27. The molecule has 0 bridgehead atoms. The van der Waals surface area contributed by atoms with E-state index in [0.717, 1.165) is 36.4 Å². The van der Waals surface area contributed by atoms with Crippen molar-refractivity contribution in [1.29, 1.82) is 0 Å². The zero-order chi connectivity index (χ0) is 18.9. The summed E-state index contributed by atoms with van der Waals surface area (Å²) in [4.78, 5) is 2.31. The van der Waals surface area contributed by atoms with E-state index in [-0.39, 0.29) is 0 Å². The van der Waals surface area contributed by atoms with Gasteiger partial charge < -0.3 is 9.84 Å². The maximum Gasteiger partial charge on any atom is 0.271 e. The van der Waals surface area contributed by atoms with Gasteiger partial charge >= 0.3 is 0 Å². The van der Waals surface area contributed by atoms with Gasteiger partial charge in [0.2, 0.25) is 0 Å². The highest BCUT2D eigenvalue weighted by Crippen LogP contribution is 2.36. The molecule has 0 spiro atoms. The minimum atomic E-state index is -1.00.